The van der Waals surface area contributed by atoms with Gasteiger partial charge in [-0.3, -0.25) is 14.9 Å². The van der Waals surface area contributed by atoms with Crippen LogP contribution in [-0.4, -0.2) is 23.0 Å². The maximum atomic E-state index is 12.0. The minimum absolute atomic E-state index is 0.0261. The molecule has 0 bridgehead atoms. The first-order chi connectivity index (χ1) is 11.5. The molecular weight excluding hydrogens is 311 g/mol. The molecule has 0 saturated carbocycles. The third-order valence-electron chi connectivity index (χ3n) is 3.91. The third-order valence-corrected chi connectivity index (χ3v) is 3.91. The Morgan fingerprint density at radius 2 is 2.04 bits per heavy atom. The van der Waals surface area contributed by atoms with Crippen LogP contribution in [0.15, 0.2) is 42.5 Å². The zero-order chi connectivity index (χ0) is 17.1. The zero-order valence-corrected chi connectivity index (χ0v) is 12.8. The summed E-state index contributed by atoms with van der Waals surface area (Å²) in [6.45, 7) is 0.374. The normalized spacial score (nSPS) is 12.8. The van der Waals surface area contributed by atoms with Crippen molar-refractivity contribution in [1.29, 1.82) is 0 Å². The van der Waals surface area contributed by atoms with Gasteiger partial charge in [0.15, 0.2) is 0 Å². The molecule has 24 heavy (non-hydrogen) atoms. The van der Waals surface area contributed by atoms with Gasteiger partial charge in [-0.2, -0.15) is 0 Å². The summed E-state index contributed by atoms with van der Waals surface area (Å²) >= 11 is 0. The Kier molecular flexibility index (Phi) is 4.59. The highest BCUT2D eigenvalue weighted by atomic mass is 16.6. The highest BCUT2D eigenvalue weighted by Gasteiger charge is 2.29. The predicted octanol–water partition coefficient (Wildman–Crippen LogP) is 1.38. The first kappa shape index (κ1) is 16.2. The lowest BCUT2D eigenvalue weighted by atomic mass is 9.75. The monoisotopic (exact) mass is 326 g/mol. The van der Waals surface area contributed by atoms with E-state index in [1.165, 1.54) is 24.3 Å². The average molecular weight is 326 g/mol. The van der Waals surface area contributed by atoms with E-state index in [9.17, 15) is 19.9 Å². The quantitative estimate of drug-likeness (QED) is 0.491. The molecule has 8 heteroatoms. The fourth-order valence-corrected chi connectivity index (χ4v) is 2.72. The van der Waals surface area contributed by atoms with Crippen molar-refractivity contribution >= 4 is 29.9 Å². The molecule has 2 aromatic carbocycles. The predicted molar refractivity (Wildman–Crippen MR) is 88.9 cm³/mol. The second-order valence-corrected chi connectivity index (χ2v) is 5.51. The van der Waals surface area contributed by atoms with Gasteiger partial charge in [0.1, 0.15) is 0 Å². The Morgan fingerprint density at radius 3 is 2.75 bits per heavy atom. The second-order valence-electron chi connectivity index (χ2n) is 5.51. The number of rotatable bonds is 5. The van der Waals surface area contributed by atoms with Crippen LogP contribution < -0.4 is 10.8 Å². The standard InChI is InChI=1S/C16H15BN2O5/c20-15(18-13-5-7-14(8-6-13)19(22)23)9-4-11-2-1-3-12-10-24-17(21)16(11)12/h1-3,5-8,21H,4,9-10H2,(H,18,20). The SMILES string of the molecule is O=C(CCc1cccc2c1B(O)OC2)Nc1ccc([N+](=O)[O-])cc1. The van der Waals surface area contributed by atoms with Gasteiger partial charge in [0, 0.05) is 24.2 Å². The molecule has 0 atom stereocenters. The van der Waals surface area contributed by atoms with E-state index in [-0.39, 0.29) is 18.0 Å². The molecule has 1 amide bonds. The summed E-state index contributed by atoms with van der Waals surface area (Å²) in [5.41, 5.74) is 3.06. The first-order valence-corrected chi connectivity index (χ1v) is 7.49. The number of carbonyl (C=O) groups is 1. The summed E-state index contributed by atoms with van der Waals surface area (Å²) in [6.07, 6.45) is 0.711. The lowest BCUT2D eigenvalue weighted by Gasteiger charge is -2.09. The molecule has 0 radical (unpaired) electrons. The number of benzene rings is 2. The number of carbonyl (C=O) groups excluding carboxylic acids is 1. The Bertz CT molecular complexity index is 779. The lowest BCUT2D eigenvalue weighted by molar-refractivity contribution is -0.384. The molecule has 0 aliphatic carbocycles. The van der Waals surface area contributed by atoms with Crippen molar-refractivity contribution in [1.82, 2.24) is 0 Å². The van der Waals surface area contributed by atoms with Gasteiger partial charge >= 0.3 is 7.12 Å². The molecule has 1 heterocycles. The largest absolute Gasteiger partial charge is 0.492 e. The molecule has 0 fully saturated rings. The van der Waals surface area contributed by atoms with Gasteiger partial charge in [-0.25, -0.2) is 0 Å². The van der Waals surface area contributed by atoms with E-state index in [0.29, 0.717) is 18.7 Å². The van der Waals surface area contributed by atoms with Gasteiger partial charge in [-0.05, 0) is 35.1 Å². The number of aryl methyl sites for hydroxylation is 1. The highest BCUT2D eigenvalue weighted by molar-refractivity contribution is 6.62. The van der Waals surface area contributed by atoms with E-state index in [2.05, 4.69) is 5.32 Å². The third kappa shape index (κ3) is 3.45. The molecule has 2 N–H and O–H groups in total. The fraction of sp³-hybridized carbons (Fsp3) is 0.188. The van der Waals surface area contributed by atoms with Gasteiger partial charge in [0.25, 0.3) is 5.69 Å². The van der Waals surface area contributed by atoms with Crippen molar-refractivity contribution in [3.05, 3.63) is 63.7 Å². The molecule has 2 aromatic rings. The average Bonchev–Trinajstić information content (AvgIpc) is 2.95. The van der Waals surface area contributed by atoms with Crippen LogP contribution >= 0.6 is 0 Å². The number of nitrogens with one attached hydrogen (secondary N) is 1. The molecule has 3 rings (SSSR count). The number of nitro benzene ring substituents is 1. The van der Waals surface area contributed by atoms with Crippen LogP contribution in [0, 0.1) is 10.1 Å². The van der Waals surface area contributed by atoms with Crippen molar-refractivity contribution in [2.45, 2.75) is 19.4 Å². The number of non-ortho nitro benzene ring substituents is 1. The van der Waals surface area contributed by atoms with Gasteiger partial charge in [0.2, 0.25) is 5.91 Å². The van der Waals surface area contributed by atoms with Crippen LogP contribution in [0.1, 0.15) is 17.5 Å². The number of anilines is 1. The van der Waals surface area contributed by atoms with Crippen LogP contribution in [0.5, 0.6) is 0 Å². The Balaban J connectivity index is 1.60. The van der Waals surface area contributed by atoms with Crippen LogP contribution in [0.4, 0.5) is 11.4 Å². The van der Waals surface area contributed by atoms with E-state index in [4.69, 9.17) is 4.65 Å². The van der Waals surface area contributed by atoms with Crippen molar-refractivity contribution in [3.8, 4) is 0 Å². The van der Waals surface area contributed by atoms with Crippen LogP contribution in [-0.2, 0) is 22.5 Å². The van der Waals surface area contributed by atoms with E-state index in [0.717, 1.165) is 16.6 Å². The number of hydrogen-bond acceptors (Lipinski definition) is 5. The summed E-state index contributed by atoms with van der Waals surface area (Å²) in [5.74, 6) is -0.199. The van der Waals surface area contributed by atoms with Crippen molar-refractivity contribution < 1.29 is 19.4 Å². The van der Waals surface area contributed by atoms with Gasteiger partial charge < -0.3 is 15.0 Å². The Labute approximate surface area is 138 Å². The molecule has 1 aliphatic heterocycles. The Morgan fingerprint density at radius 1 is 1.29 bits per heavy atom. The van der Waals surface area contributed by atoms with Crippen molar-refractivity contribution in [2.75, 3.05) is 5.32 Å². The van der Waals surface area contributed by atoms with Gasteiger partial charge in [-0.15, -0.1) is 0 Å². The van der Waals surface area contributed by atoms with E-state index in [1.54, 1.807) is 0 Å². The zero-order valence-electron chi connectivity index (χ0n) is 12.8. The second kappa shape index (κ2) is 6.82. The van der Waals surface area contributed by atoms with Crippen LogP contribution in [0.2, 0.25) is 0 Å². The lowest BCUT2D eigenvalue weighted by Crippen LogP contribution is -2.31. The molecule has 0 spiro atoms. The van der Waals surface area contributed by atoms with Gasteiger partial charge in [0.05, 0.1) is 11.5 Å². The van der Waals surface area contributed by atoms with Crippen molar-refractivity contribution in [3.63, 3.8) is 0 Å². The highest BCUT2D eigenvalue weighted by Crippen LogP contribution is 2.17. The maximum absolute atomic E-state index is 12.0. The van der Waals surface area contributed by atoms with E-state index >= 15 is 0 Å². The molecular formula is C16H15BN2O5. The number of hydrogen-bond donors (Lipinski definition) is 2. The van der Waals surface area contributed by atoms with Gasteiger partial charge in [-0.1, -0.05) is 18.2 Å². The van der Waals surface area contributed by atoms with Crippen LogP contribution in [0.3, 0.4) is 0 Å². The molecule has 0 saturated heterocycles. The first-order valence-electron chi connectivity index (χ1n) is 7.49. The number of nitro groups is 1. The number of fused-ring (bicyclic) bond motifs is 1. The van der Waals surface area contributed by atoms with E-state index < -0.39 is 12.0 Å². The minimum Gasteiger partial charge on any atom is -0.423 e. The molecule has 7 nitrogen and oxygen atoms in total. The van der Waals surface area contributed by atoms with Crippen LogP contribution in [0.25, 0.3) is 0 Å². The number of nitrogens with zero attached hydrogens (tertiary/aromatic N) is 1. The van der Waals surface area contributed by atoms with Crippen molar-refractivity contribution in [2.24, 2.45) is 0 Å². The number of amides is 1. The summed E-state index contributed by atoms with van der Waals surface area (Å²) in [4.78, 5) is 22.2. The maximum Gasteiger partial charge on any atom is 0.492 e. The smallest absolute Gasteiger partial charge is 0.423 e. The summed E-state index contributed by atoms with van der Waals surface area (Å²) < 4.78 is 5.20. The molecule has 122 valence electrons. The van der Waals surface area contributed by atoms with E-state index in [1.807, 2.05) is 18.2 Å². The Hall–Kier alpha value is -2.71. The molecule has 1 aliphatic rings. The topological polar surface area (TPSA) is 102 Å². The summed E-state index contributed by atoms with van der Waals surface area (Å²) in [6, 6.07) is 11.3. The summed E-state index contributed by atoms with van der Waals surface area (Å²) in [7, 11) is -0.936. The summed E-state index contributed by atoms with van der Waals surface area (Å²) in [5, 5.41) is 23.2. The molecule has 0 unspecified atom stereocenters. The molecule has 0 aromatic heterocycles. The minimum atomic E-state index is -0.936. The fourth-order valence-electron chi connectivity index (χ4n) is 2.72.